The molecule has 1 unspecified atom stereocenters. The van der Waals surface area contributed by atoms with Crippen molar-refractivity contribution >= 4 is 11.9 Å². The predicted molar refractivity (Wildman–Crippen MR) is 72.5 cm³/mol. The lowest BCUT2D eigenvalue weighted by Crippen LogP contribution is -2.48. The number of carbonyl (C=O) groups is 2. The van der Waals surface area contributed by atoms with Gasteiger partial charge in [-0.15, -0.1) is 0 Å². The molecular formula is C13H20N4O2. The Morgan fingerprint density at radius 2 is 2.11 bits per heavy atom. The van der Waals surface area contributed by atoms with Crippen LogP contribution in [0.5, 0.6) is 0 Å². The molecule has 0 aromatic carbocycles. The van der Waals surface area contributed by atoms with Gasteiger partial charge in [0.15, 0.2) is 0 Å². The predicted octanol–water partition coefficient (Wildman–Crippen LogP) is 0.966. The third kappa shape index (κ3) is 5.05. The summed E-state index contributed by atoms with van der Waals surface area (Å²) in [6.45, 7) is 5.91. The summed E-state index contributed by atoms with van der Waals surface area (Å²) in [6.07, 6.45) is 3.44. The van der Waals surface area contributed by atoms with Crippen LogP contribution in [0.25, 0.3) is 0 Å². The topological polar surface area (TPSA) is 83.1 Å². The molecule has 0 aliphatic carbocycles. The first-order valence-electron chi connectivity index (χ1n) is 6.29. The molecule has 0 bridgehead atoms. The molecule has 3 amide bonds. The van der Waals surface area contributed by atoms with Crippen LogP contribution >= 0.6 is 0 Å². The van der Waals surface area contributed by atoms with Crippen LogP contribution in [-0.4, -0.2) is 29.5 Å². The number of nitrogens with one attached hydrogen (secondary N) is 3. The van der Waals surface area contributed by atoms with Crippen molar-refractivity contribution in [1.82, 2.24) is 20.9 Å². The first kappa shape index (κ1) is 15.1. The highest BCUT2D eigenvalue weighted by Crippen LogP contribution is 2.10. The fourth-order valence-electron chi connectivity index (χ4n) is 1.60. The van der Waals surface area contributed by atoms with E-state index >= 15 is 0 Å². The van der Waals surface area contributed by atoms with Crippen molar-refractivity contribution in [3.05, 3.63) is 30.1 Å². The van der Waals surface area contributed by atoms with E-state index in [1.54, 1.807) is 26.2 Å². The largest absolute Gasteiger partial charge is 0.338 e. The summed E-state index contributed by atoms with van der Waals surface area (Å²) < 4.78 is 0. The molecule has 1 aromatic heterocycles. The average molecular weight is 264 g/mol. The third-order valence-corrected chi connectivity index (χ3v) is 2.65. The lowest BCUT2D eigenvalue weighted by Gasteiger charge is -2.19. The molecule has 3 N–H and O–H groups in total. The van der Waals surface area contributed by atoms with Gasteiger partial charge in [0.25, 0.3) is 0 Å². The number of carbonyl (C=O) groups excluding carboxylic acids is 2. The zero-order valence-corrected chi connectivity index (χ0v) is 11.4. The standard InChI is InChI=1S/C13H20N4O2/c1-4-15-13(19)17-12(18)10(3)16-9(2)11-6-5-7-14-8-11/h5-10,16H,4H2,1-3H3,(H2,15,17,18,19)/t9-,10?/m1/s1. The molecule has 6 nitrogen and oxygen atoms in total. The van der Waals surface area contributed by atoms with Crippen molar-refractivity contribution in [2.75, 3.05) is 6.54 Å². The van der Waals surface area contributed by atoms with Gasteiger partial charge >= 0.3 is 6.03 Å². The van der Waals surface area contributed by atoms with Gasteiger partial charge in [-0.1, -0.05) is 6.07 Å². The van der Waals surface area contributed by atoms with Crippen LogP contribution in [0.15, 0.2) is 24.5 Å². The minimum Gasteiger partial charge on any atom is -0.338 e. The molecule has 6 heteroatoms. The third-order valence-electron chi connectivity index (χ3n) is 2.65. The Morgan fingerprint density at radius 3 is 2.68 bits per heavy atom. The van der Waals surface area contributed by atoms with Crippen molar-refractivity contribution in [2.45, 2.75) is 32.9 Å². The number of amides is 3. The number of imide groups is 1. The van der Waals surface area contributed by atoms with Gasteiger partial charge in [0, 0.05) is 25.0 Å². The maximum absolute atomic E-state index is 11.7. The quantitative estimate of drug-likeness (QED) is 0.740. The number of urea groups is 1. The van der Waals surface area contributed by atoms with Crippen LogP contribution < -0.4 is 16.0 Å². The molecule has 1 aromatic rings. The molecule has 0 spiro atoms. The van der Waals surface area contributed by atoms with E-state index in [0.717, 1.165) is 5.56 Å². The lowest BCUT2D eigenvalue weighted by atomic mass is 10.1. The minimum absolute atomic E-state index is 0.0244. The highest BCUT2D eigenvalue weighted by atomic mass is 16.2. The molecule has 1 heterocycles. The Hall–Kier alpha value is -1.95. The van der Waals surface area contributed by atoms with Crippen LogP contribution in [0.3, 0.4) is 0 Å². The van der Waals surface area contributed by atoms with Crippen molar-refractivity contribution in [3.63, 3.8) is 0 Å². The molecule has 19 heavy (non-hydrogen) atoms. The van der Waals surface area contributed by atoms with E-state index in [1.165, 1.54) is 0 Å². The molecule has 0 saturated carbocycles. The highest BCUT2D eigenvalue weighted by Gasteiger charge is 2.17. The monoisotopic (exact) mass is 264 g/mol. The van der Waals surface area contributed by atoms with Crippen LogP contribution in [-0.2, 0) is 4.79 Å². The van der Waals surface area contributed by atoms with Gasteiger partial charge in [-0.25, -0.2) is 4.79 Å². The SMILES string of the molecule is CCNC(=O)NC(=O)C(C)N[C@H](C)c1cccnc1. The number of rotatable bonds is 5. The zero-order valence-electron chi connectivity index (χ0n) is 11.4. The van der Waals surface area contributed by atoms with E-state index < -0.39 is 12.1 Å². The lowest BCUT2D eigenvalue weighted by molar-refractivity contribution is -0.121. The van der Waals surface area contributed by atoms with Crippen LogP contribution in [0.1, 0.15) is 32.4 Å². The van der Waals surface area contributed by atoms with Crippen molar-refractivity contribution in [1.29, 1.82) is 0 Å². The number of hydrogen-bond acceptors (Lipinski definition) is 4. The summed E-state index contributed by atoms with van der Waals surface area (Å²) in [7, 11) is 0. The average Bonchev–Trinajstić information content (AvgIpc) is 2.39. The zero-order chi connectivity index (χ0) is 14.3. The van der Waals surface area contributed by atoms with Gasteiger partial charge in [-0.05, 0) is 32.4 Å². The number of hydrogen-bond donors (Lipinski definition) is 3. The van der Waals surface area contributed by atoms with Crippen molar-refractivity contribution in [2.24, 2.45) is 0 Å². The molecule has 104 valence electrons. The molecular weight excluding hydrogens is 244 g/mol. The van der Waals surface area contributed by atoms with Gasteiger partial charge in [-0.2, -0.15) is 0 Å². The van der Waals surface area contributed by atoms with Crippen molar-refractivity contribution < 1.29 is 9.59 Å². The van der Waals surface area contributed by atoms with Crippen LogP contribution in [0.2, 0.25) is 0 Å². The second-order valence-corrected chi connectivity index (χ2v) is 4.25. The molecule has 1 rings (SSSR count). The van der Waals surface area contributed by atoms with E-state index in [4.69, 9.17) is 0 Å². The van der Waals surface area contributed by atoms with Gasteiger partial charge in [0.2, 0.25) is 5.91 Å². The maximum Gasteiger partial charge on any atom is 0.321 e. The summed E-state index contributed by atoms with van der Waals surface area (Å²) >= 11 is 0. The van der Waals surface area contributed by atoms with Gasteiger partial charge in [-0.3, -0.25) is 20.4 Å². The maximum atomic E-state index is 11.7. The minimum atomic E-state index is -0.477. The van der Waals surface area contributed by atoms with E-state index in [1.807, 2.05) is 19.1 Å². The number of nitrogens with zero attached hydrogens (tertiary/aromatic N) is 1. The fraction of sp³-hybridized carbons (Fsp3) is 0.462. The van der Waals surface area contributed by atoms with E-state index in [0.29, 0.717) is 6.54 Å². The first-order chi connectivity index (χ1) is 9.04. The first-order valence-corrected chi connectivity index (χ1v) is 6.29. The van der Waals surface area contributed by atoms with E-state index in [-0.39, 0.29) is 11.9 Å². The summed E-state index contributed by atoms with van der Waals surface area (Å²) in [6, 6.07) is 2.79. The van der Waals surface area contributed by atoms with Gasteiger partial charge in [0.05, 0.1) is 6.04 Å². The Morgan fingerprint density at radius 1 is 1.37 bits per heavy atom. The highest BCUT2D eigenvalue weighted by molar-refractivity contribution is 5.96. The van der Waals surface area contributed by atoms with E-state index in [9.17, 15) is 9.59 Å². The molecule has 2 atom stereocenters. The summed E-state index contributed by atoms with van der Waals surface area (Å²) in [4.78, 5) is 27.0. The summed E-state index contributed by atoms with van der Waals surface area (Å²) in [5.41, 5.74) is 0.986. The summed E-state index contributed by atoms with van der Waals surface area (Å²) in [5, 5.41) is 7.89. The van der Waals surface area contributed by atoms with Crippen molar-refractivity contribution in [3.8, 4) is 0 Å². The van der Waals surface area contributed by atoms with Gasteiger partial charge in [0.1, 0.15) is 0 Å². The molecule has 0 aliphatic heterocycles. The van der Waals surface area contributed by atoms with Gasteiger partial charge < -0.3 is 5.32 Å². The number of aromatic nitrogens is 1. The van der Waals surface area contributed by atoms with E-state index in [2.05, 4.69) is 20.9 Å². The Balaban J connectivity index is 2.48. The fourth-order valence-corrected chi connectivity index (χ4v) is 1.60. The number of pyridine rings is 1. The van der Waals surface area contributed by atoms with Crippen LogP contribution in [0, 0.1) is 0 Å². The second-order valence-electron chi connectivity index (χ2n) is 4.25. The van der Waals surface area contributed by atoms with Crippen LogP contribution in [0.4, 0.5) is 4.79 Å². The Bertz CT molecular complexity index is 422. The normalized spacial score (nSPS) is 13.4. The molecule has 0 aliphatic rings. The molecule has 0 fully saturated rings. The smallest absolute Gasteiger partial charge is 0.321 e. The Labute approximate surface area is 113 Å². The summed E-state index contributed by atoms with van der Waals surface area (Å²) in [5.74, 6) is -0.360. The Kier molecular flexibility index (Phi) is 5.95. The molecule has 0 radical (unpaired) electrons. The second kappa shape index (κ2) is 7.48. The molecule has 0 saturated heterocycles.